The van der Waals surface area contributed by atoms with Crippen LogP contribution in [-0.2, 0) is 13.0 Å². The van der Waals surface area contributed by atoms with Gasteiger partial charge in [0.25, 0.3) is 11.9 Å². The number of aromatic nitrogens is 4. The molecule has 4 heterocycles. The number of carbonyl (C=O) groups excluding carboxylic acids is 1. The molecule has 0 saturated heterocycles. The number of nitrogens with one attached hydrogen (secondary N) is 1. The SMILES string of the molecule is CCN1CCc2nc3ccccc3c(C(=O)Nc3nc4scc(C)n4n3)c2C1. The number of likely N-dealkylation sites (N-methyl/N-ethyl adjacent to an activating group) is 1. The van der Waals surface area contributed by atoms with E-state index in [2.05, 4.69) is 27.2 Å². The van der Waals surface area contributed by atoms with Gasteiger partial charge in [-0.15, -0.1) is 16.4 Å². The van der Waals surface area contributed by atoms with Gasteiger partial charge in [-0.1, -0.05) is 25.1 Å². The van der Waals surface area contributed by atoms with E-state index < -0.39 is 0 Å². The van der Waals surface area contributed by atoms with Crippen molar-refractivity contribution >= 4 is 39.1 Å². The van der Waals surface area contributed by atoms with E-state index in [0.717, 1.165) is 58.9 Å². The Morgan fingerprint density at radius 1 is 1.29 bits per heavy atom. The predicted molar refractivity (Wildman–Crippen MR) is 110 cm³/mol. The molecular weight excluding hydrogens is 372 g/mol. The van der Waals surface area contributed by atoms with E-state index in [1.54, 1.807) is 4.52 Å². The molecule has 0 fully saturated rings. The van der Waals surface area contributed by atoms with E-state index in [0.29, 0.717) is 11.5 Å². The minimum Gasteiger partial charge on any atom is -0.299 e. The lowest BCUT2D eigenvalue weighted by atomic mass is 9.95. The van der Waals surface area contributed by atoms with Crippen molar-refractivity contribution in [3.8, 4) is 0 Å². The van der Waals surface area contributed by atoms with Gasteiger partial charge < -0.3 is 0 Å². The standard InChI is InChI=1S/C20H20N6OS/c1-3-25-9-8-16-14(10-25)17(13-6-4-5-7-15(13)21-16)18(27)22-19-23-20-26(24-19)12(2)11-28-20/h4-7,11H,3,8-10H2,1-2H3,(H,22,24,27). The van der Waals surface area contributed by atoms with Gasteiger partial charge in [0, 0.05) is 41.5 Å². The maximum absolute atomic E-state index is 13.3. The fourth-order valence-electron chi connectivity index (χ4n) is 3.78. The first-order valence-corrected chi connectivity index (χ1v) is 10.3. The number of fused-ring (bicyclic) bond motifs is 3. The number of para-hydroxylation sites is 1. The van der Waals surface area contributed by atoms with Crippen LogP contribution in [0.1, 0.15) is 34.2 Å². The molecule has 0 saturated carbocycles. The molecule has 142 valence electrons. The van der Waals surface area contributed by atoms with Crippen LogP contribution in [0.4, 0.5) is 5.95 Å². The van der Waals surface area contributed by atoms with Crippen LogP contribution in [0.5, 0.6) is 0 Å². The lowest BCUT2D eigenvalue weighted by molar-refractivity contribution is 0.102. The van der Waals surface area contributed by atoms with Gasteiger partial charge in [0.15, 0.2) is 0 Å². The molecule has 1 amide bonds. The zero-order valence-electron chi connectivity index (χ0n) is 15.8. The summed E-state index contributed by atoms with van der Waals surface area (Å²) in [6.45, 7) is 6.76. The van der Waals surface area contributed by atoms with E-state index in [1.165, 1.54) is 11.3 Å². The van der Waals surface area contributed by atoms with E-state index >= 15 is 0 Å². The molecule has 1 aliphatic rings. The lowest BCUT2D eigenvalue weighted by Crippen LogP contribution is -2.33. The summed E-state index contributed by atoms with van der Waals surface area (Å²) in [4.78, 5) is 25.7. The molecule has 7 nitrogen and oxygen atoms in total. The van der Waals surface area contributed by atoms with E-state index in [-0.39, 0.29) is 5.91 Å². The molecule has 3 aromatic heterocycles. The molecule has 1 aliphatic heterocycles. The Kier molecular flexibility index (Phi) is 4.10. The largest absolute Gasteiger partial charge is 0.299 e. The Morgan fingerprint density at radius 2 is 2.14 bits per heavy atom. The highest BCUT2D eigenvalue weighted by atomic mass is 32.1. The number of anilines is 1. The van der Waals surface area contributed by atoms with Crippen LogP contribution in [-0.4, -0.2) is 43.5 Å². The normalized spacial score (nSPS) is 14.5. The first-order chi connectivity index (χ1) is 13.6. The summed E-state index contributed by atoms with van der Waals surface area (Å²) in [6, 6.07) is 7.83. The minimum atomic E-state index is -0.177. The Bertz CT molecular complexity index is 1210. The Hall–Kier alpha value is -2.84. The third-order valence-electron chi connectivity index (χ3n) is 5.27. The molecule has 0 spiro atoms. The van der Waals surface area contributed by atoms with Crippen LogP contribution in [0, 0.1) is 6.92 Å². The summed E-state index contributed by atoms with van der Waals surface area (Å²) in [6.07, 6.45) is 0.853. The number of pyridine rings is 1. The zero-order chi connectivity index (χ0) is 19.3. The topological polar surface area (TPSA) is 75.4 Å². The van der Waals surface area contributed by atoms with Crippen molar-refractivity contribution < 1.29 is 4.79 Å². The first kappa shape index (κ1) is 17.3. The van der Waals surface area contributed by atoms with E-state index in [1.807, 2.05) is 36.6 Å². The Labute approximate surface area is 166 Å². The number of aryl methyl sites for hydroxylation is 1. The quantitative estimate of drug-likeness (QED) is 0.579. The highest BCUT2D eigenvalue weighted by Gasteiger charge is 2.26. The van der Waals surface area contributed by atoms with E-state index in [9.17, 15) is 4.79 Å². The van der Waals surface area contributed by atoms with Crippen LogP contribution in [0.3, 0.4) is 0 Å². The van der Waals surface area contributed by atoms with Crippen LogP contribution in [0.2, 0.25) is 0 Å². The zero-order valence-corrected chi connectivity index (χ0v) is 16.6. The smallest absolute Gasteiger partial charge is 0.259 e. The molecule has 0 unspecified atom stereocenters. The minimum absolute atomic E-state index is 0.177. The third kappa shape index (κ3) is 2.76. The summed E-state index contributed by atoms with van der Waals surface area (Å²) in [7, 11) is 0. The molecule has 0 bridgehead atoms. The summed E-state index contributed by atoms with van der Waals surface area (Å²) in [5.74, 6) is 0.154. The number of benzene rings is 1. The second-order valence-electron chi connectivity index (χ2n) is 7.01. The summed E-state index contributed by atoms with van der Waals surface area (Å²) >= 11 is 1.51. The van der Waals surface area contributed by atoms with Gasteiger partial charge in [0.1, 0.15) is 0 Å². The number of amides is 1. The molecule has 1 N–H and O–H groups in total. The fourth-order valence-corrected chi connectivity index (χ4v) is 4.58. The van der Waals surface area contributed by atoms with Crippen molar-refractivity contribution in [1.29, 1.82) is 0 Å². The van der Waals surface area contributed by atoms with Gasteiger partial charge >= 0.3 is 0 Å². The van der Waals surface area contributed by atoms with Crippen molar-refractivity contribution in [2.24, 2.45) is 0 Å². The van der Waals surface area contributed by atoms with Crippen molar-refractivity contribution in [3.05, 3.63) is 52.2 Å². The van der Waals surface area contributed by atoms with Gasteiger partial charge in [-0.25, -0.2) is 4.52 Å². The van der Waals surface area contributed by atoms with Gasteiger partial charge in [0.05, 0.1) is 16.8 Å². The molecule has 0 aliphatic carbocycles. The predicted octanol–water partition coefficient (Wildman–Crippen LogP) is 3.28. The van der Waals surface area contributed by atoms with Gasteiger partial charge in [0.2, 0.25) is 4.96 Å². The number of hydrogen-bond acceptors (Lipinski definition) is 6. The van der Waals surface area contributed by atoms with Crippen LogP contribution in [0.25, 0.3) is 15.9 Å². The van der Waals surface area contributed by atoms with Crippen molar-refractivity contribution in [3.63, 3.8) is 0 Å². The third-order valence-corrected chi connectivity index (χ3v) is 6.21. The highest BCUT2D eigenvalue weighted by Crippen LogP contribution is 2.29. The number of thiazole rings is 1. The lowest BCUT2D eigenvalue weighted by Gasteiger charge is -2.29. The highest BCUT2D eigenvalue weighted by molar-refractivity contribution is 7.15. The maximum atomic E-state index is 13.3. The molecule has 4 aromatic rings. The summed E-state index contributed by atoms with van der Waals surface area (Å²) in [5, 5.41) is 10.2. The Morgan fingerprint density at radius 3 is 2.96 bits per heavy atom. The van der Waals surface area contributed by atoms with Crippen LogP contribution < -0.4 is 5.32 Å². The average Bonchev–Trinajstić information content (AvgIpc) is 3.26. The van der Waals surface area contributed by atoms with Crippen molar-refractivity contribution in [1.82, 2.24) is 24.5 Å². The van der Waals surface area contributed by atoms with Gasteiger partial charge in [-0.2, -0.15) is 4.98 Å². The molecule has 0 atom stereocenters. The summed E-state index contributed by atoms with van der Waals surface area (Å²) in [5.41, 5.74) is 4.57. The molecule has 1 aromatic carbocycles. The number of nitrogens with zero attached hydrogens (tertiary/aromatic N) is 5. The Balaban J connectivity index is 1.60. The van der Waals surface area contributed by atoms with Crippen LogP contribution in [0.15, 0.2) is 29.6 Å². The molecule has 28 heavy (non-hydrogen) atoms. The molecule has 5 rings (SSSR count). The average molecular weight is 392 g/mol. The van der Waals surface area contributed by atoms with Crippen molar-refractivity contribution in [2.75, 3.05) is 18.4 Å². The molecular formula is C20H20N6OS. The van der Waals surface area contributed by atoms with Crippen molar-refractivity contribution in [2.45, 2.75) is 26.8 Å². The maximum Gasteiger partial charge on any atom is 0.259 e. The molecule has 0 radical (unpaired) electrons. The van der Waals surface area contributed by atoms with Gasteiger partial charge in [-0.3, -0.25) is 20.0 Å². The number of rotatable bonds is 3. The van der Waals surface area contributed by atoms with Gasteiger partial charge in [-0.05, 0) is 19.5 Å². The van der Waals surface area contributed by atoms with Crippen LogP contribution >= 0.6 is 11.3 Å². The summed E-state index contributed by atoms with van der Waals surface area (Å²) < 4.78 is 1.75. The second kappa shape index (κ2) is 6.65. The fraction of sp³-hybridized carbons (Fsp3) is 0.300. The number of hydrogen-bond donors (Lipinski definition) is 1. The first-order valence-electron chi connectivity index (χ1n) is 9.39. The monoisotopic (exact) mass is 392 g/mol. The molecule has 8 heteroatoms. The number of carbonyl (C=O) groups is 1. The van der Waals surface area contributed by atoms with E-state index in [4.69, 9.17) is 4.98 Å². The second-order valence-corrected chi connectivity index (χ2v) is 7.85.